The maximum absolute atomic E-state index is 12.0. The molecular weight excluding hydrogens is 264 g/mol. The third-order valence-electron chi connectivity index (χ3n) is 4.49. The Labute approximate surface area is 122 Å². The van der Waals surface area contributed by atoms with Crippen molar-refractivity contribution in [2.24, 2.45) is 17.6 Å². The van der Waals surface area contributed by atoms with Gasteiger partial charge in [-0.1, -0.05) is 26.2 Å². The zero-order chi connectivity index (χ0) is 13.0. The predicted molar refractivity (Wildman–Crippen MR) is 78.3 cm³/mol. The number of nitrogens with one attached hydrogen (secondary N) is 1. The fourth-order valence-electron chi connectivity index (χ4n) is 3.11. The second-order valence-electron chi connectivity index (χ2n) is 5.83. The quantitative estimate of drug-likeness (QED) is 0.831. The van der Waals surface area contributed by atoms with Gasteiger partial charge < -0.3 is 15.8 Å². The molecule has 1 saturated heterocycles. The van der Waals surface area contributed by atoms with Gasteiger partial charge in [-0.05, 0) is 31.1 Å². The number of hydrogen-bond acceptors (Lipinski definition) is 3. The SMILES string of the molecule is CC1CCCCC1CNC(=O)[C@@H]1CC[C@H](CN)O1.Cl. The van der Waals surface area contributed by atoms with Crippen LogP contribution < -0.4 is 11.1 Å². The lowest BCUT2D eigenvalue weighted by Gasteiger charge is -2.29. The number of nitrogens with two attached hydrogens (primary N) is 1. The van der Waals surface area contributed by atoms with E-state index in [2.05, 4.69) is 12.2 Å². The van der Waals surface area contributed by atoms with Crippen molar-refractivity contribution >= 4 is 18.3 Å². The van der Waals surface area contributed by atoms with E-state index in [9.17, 15) is 4.79 Å². The minimum atomic E-state index is -0.266. The van der Waals surface area contributed by atoms with Crippen molar-refractivity contribution in [2.45, 2.75) is 57.7 Å². The molecule has 5 heteroatoms. The summed E-state index contributed by atoms with van der Waals surface area (Å²) in [5, 5.41) is 3.06. The smallest absolute Gasteiger partial charge is 0.249 e. The number of rotatable bonds is 4. The number of ether oxygens (including phenoxy) is 1. The molecule has 3 N–H and O–H groups in total. The highest BCUT2D eigenvalue weighted by atomic mass is 35.5. The molecule has 0 radical (unpaired) electrons. The molecule has 0 aromatic heterocycles. The molecule has 2 unspecified atom stereocenters. The first-order valence-electron chi connectivity index (χ1n) is 7.34. The van der Waals surface area contributed by atoms with Crippen LogP contribution in [0.15, 0.2) is 0 Å². The fourth-order valence-corrected chi connectivity index (χ4v) is 3.11. The van der Waals surface area contributed by atoms with Gasteiger partial charge in [0.25, 0.3) is 0 Å². The summed E-state index contributed by atoms with van der Waals surface area (Å²) < 4.78 is 5.60. The lowest BCUT2D eigenvalue weighted by Crippen LogP contribution is -2.39. The number of hydrogen-bond donors (Lipinski definition) is 2. The van der Waals surface area contributed by atoms with Crippen LogP contribution in [0.4, 0.5) is 0 Å². The minimum Gasteiger partial charge on any atom is -0.364 e. The molecule has 4 atom stereocenters. The first kappa shape index (κ1) is 16.7. The van der Waals surface area contributed by atoms with Crippen LogP contribution in [0.1, 0.15) is 45.4 Å². The third kappa shape index (κ3) is 4.62. The Kier molecular flexibility index (Phi) is 7.11. The van der Waals surface area contributed by atoms with E-state index in [1.807, 2.05) is 0 Å². The van der Waals surface area contributed by atoms with Crippen LogP contribution in [-0.4, -0.2) is 31.2 Å². The van der Waals surface area contributed by atoms with Gasteiger partial charge in [-0.25, -0.2) is 0 Å². The van der Waals surface area contributed by atoms with E-state index in [-0.39, 0.29) is 30.5 Å². The molecule has 2 fully saturated rings. The largest absolute Gasteiger partial charge is 0.364 e. The predicted octanol–water partition coefficient (Wildman–Crippen LogP) is 1.86. The molecule has 1 heterocycles. The summed E-state index contributed by atoms with van der Waals surface area (Å²) in [6, 6.07) is 0. The van der Waals surface area contributed by atoms with E-state index in [1.54, 1.807) is 0 Å². The van der Waals surface area contributed by atoms with Crippen LogP contribution in [0.25, 0.3) is 0 Å². The molecular formula is C14H27ClN2O2. The van der Waals surface area contributed by atoms with Crippen molar-refractivity contribution in [1.29, 1.82) is 0 Å². The van der Waals surface area contributed by atoms with Gasteiger partial charge in [0.2, 0.25) is 5.91 Å². The van der Waals surface area contributed by atoms with Crippen molar-refractivity contribution in [3.05, 3.63) is 0 Å². The van der Waals surface area contributed by atoms with Crippen molar-refractivity contribution in [3.8, 4) is 0 Å². The summed E-state index contributed by atoms with van der Waals surface area (Å²) in [4.78, 5) is 12.0. The molecule has 2 rings (SSSR count). The first-order chi connectivity index (χ1) is 8.70. The topological polar surface area (TPSA) is 64.4 Å². The first-order valence-corrected chi connectivity index (χ1v) is 7.34. The van der Waals surface area contributed by atoms with E-state index in [4.69, 9.17) is 10.5 Å². The van der Waals surface area contributed by atoms with Crippen LogP contribution in [0.2, 0.25) is 0 Å². The second kappa shape index (κ2) is 8.08. The van der Waals surface area contributed by atoms with Crippen molar-refractivity contribution in [2.75, 3.05) is 13.1 Å². The van der Waals surface area contributed by atoms with E-state index in [0.29, 0.717) is 12.5 Å². The van der Waals surface area contributed by atoms with Crippen LogP contribution in [0.3, 0.4) is 0 Å². The monoisotopic (exact) mass is 290 g/mol. The Balaban J connectivity index is 0.00000180. The van der Waals surface area contributed by atoms with Crippen molar-refractivity contribution in [3.63, 3.8) is 0 Å². The molecule has 0 spiro atoms. The van der Waals surface area contributed by atoms with Gasteiger partial charge in [0.15, 0.2) is 0 Å². The molecule has 2 aliphatic rings. The minimum absolute atomic E-state index is 0. The van der Waals surface area contributed by atoms with Gasteiger partial charge >= 0.3 is 0 Å². The Morgan fingerprint density at radius 3 is 2.63 bits per heavy atom. The van der Waals surface area contributed by atoms with Gasteiger partial charge in [0.05, 0.1) is 6.10 Å². The number of halogens is 1. The van der Waals surface area contributed by atoms with Crippen LogP contribution >= 0.6 is 12.4 Å². The molecule has 0 aromatic rings. The molecule has 1 aliphatic heterocycles. The maximum atomic E-state index is 12.0. The highest BCUT2D eigenvalue weighted by Crippen LogP contribution is 2.29. The number of amides is 1. The molecule has 1 amide bonds. The third-order valence-corrected chi connectivity index (χ3v) is 4.49. The number of carbonyl (C=O) groups excluding carboxylic acids is 1. The van der Waals surface area contributed by atoms with Gasteiger partial charge in [0, 0.05) is 13.1 Å². The molecule has 19 heavy (non-hydrogen) atoms. The summed E-state index contributed by atoms with van der Waals surface area (Å²) in [6.45, 7) is 3.63. The van der Waals surface area contributed by atoms with Crippen LogP contribution in [0, 0.1) is 11.8 Å². The maximum Gasteiger partial charge on any atom is 0.249 e. The Hall–Kier alpha value is -0.320. The Bertz CT molecular complexity index is 289. The molecule has 0 aromatic carbocycles. The van der Waals surface area contributed by atoms with E-state index in [1.165, 1.54) is 25.7 Å². The van der Waals surface area contributed by atoms with Crippen LogP contribution in [0.5, 0.6) is 0 Å². The molecule has 0 bridgehead atoms. The molecule has 4 nitrogen and oxygen atoms in total. The van der Waals surface area contributed by atoms with Crippen molar-refractivity contribution < 1.29 is 9.53 Å². The summed E-state index contributed by atoms with van der Waals surface area (Å²) in [5.41, 5.74) is 5.55. The van der Waals surface area contributed by atoms with Gasteiger partial charge in [-0.2, -0.15) is 0 Å². The van der Waals surface area contributed by atoms with E-state index >= 15 is 0 Å². The highest BCUT2D eigenvalue weighted by Gasteiger charge is 2.30. The summed E-state index contributed by atoms with van der Waals surface area (Å²) >= 11 is 0. The number of carbonyl (C=O) groups is 1. The normalized spacial score (nSPS) is 34.6. The van der Waals surface area contributed by atoms with Crippen LogP contribution in [-0.2, 0) is 9.53 Å². The average molecular weight is 291 g/mol. The van der Waals surface area contributed by atoms with Gasteiger partial charge in [-0.3, -0.25) is 4.79 Å². The summed E-state index contributed by atoms with van der Waals surface area (Å²) in [5.74, 6) is 1.44. The fraction of sp³-hybridized carbons (Fsp3) is 0.929. The zero-order valence-electron chi connectivity index (χ0n) is 11.8. The van der Waals surface area contributed by atoms with Crippen molar-refractivity contribution in [1.82, 2.24) is 5.32 Å². The van der Waals surface area contributed by atoms with E-state index < -0.39 is 0 Å². The second-order valence-corrected chi connectivity index (χ2v) is 5.83. The molecule has 1 aliphatic carbocycles. The lowest BCUT2D eigenvalue weighted by molar-refractivity contribution is -0.132. The Morgan fingerprint density at radius 1 is 1.26 bits per heavy atom. The summed E-state index contributed by atoms with van der Waals surface area (Å²) in [6.07, 6.45) is 6.73. The Morgan fingerprint density at radius 2 is 2.00 bits per heavy atom. The highest BCUT2D eigenvalue weighted by molar-refractivity contribution is 5.85. The molecule has 112 valence electrons. The average Bonchev–Trinajstić information content (AvgIpc) is 2.86. The molecule has 1 saturated carbocycles. The summed E-state index contributed by atoms with van der Waals surface area (Å²) in [7, 11) is 0. The van der Waals surface area contributed by atoms with E-state index in [0.717, 1.165) is 25.3 Å². The van der Waals surface area contributed by atoms with Gasteiger partial charge in [-0.15, -0.1) is 12.4 Å². The lowest BCUT2D eigenvalue weighted by atomic mass is 9.80. The zero-order valence-corrected chi connectivity index (χ0v) is 12.6. The standard InChI is InChI=1S/C14H26N2O2.ClH/c1-10-4-2-3-5-11(10)9-16-14(17)13-7-6-12(8-15)18-13;/h10-13H,2-9,15H2,1H3,(H,16,17);1H/t10?,11?,12-,13+;/m1./s1. The van der Waals surface area contributed by atoms with Gasteiger partial charge in [0.1, 0.15) is 6.10 Å².